The van der Waals surface area contributed by atoms with Crippen LogP contribution in [0.4, 0.5) is 4.79 Å². The number of carbonyl (C=O) groups excluding carboxylic acids is 1. The zero-order chi connectivity index (χ0) is 20.1. The number of likely N-dealkylation sites (N-methyl/N-ethyl adjacent to an activating group) is 1. The minimum Gasteiger partial charge on any atom is -0.480 e. The fourth-order valence-corrected chi connectivity index (χ4v) is 3.73. The fraction of sp³-hybridized carbons (Fsp3) is 0.579. The Bertz CT molecular complexity index is 612. The summed E-state index contributed by atoms with van der Waals surface area (Å²) in [5.41, 5.74) is 0.840. The molecule has 0 radical (unpaired) electrons. The number of carboxylic acid groups (broad SMARTS) is 1. The summed E-state index contributed by atoms with van der Waals surface area (Å²) < 4.78 is 11.4. The monoisotopic (exact) mass is 381 g/mol. The van der Waals surface area contributed by atoms with Gasteiger partial charge in [-0.05, 0) is 30.6 Å². The molecule has 26 heavy (non-hydrogen) atoms. The third kappa shape index (κ3) is 5.84. The summed E-state index contributed by atoms with van der Waals surface area (Å²) in [4.78, 5) is 25.2. The first-order valence-electron chi connectivity index (χ1n) is 8.71. The van der Waals surface area contributed by atoms with Crippen LogP contribution in [-0.2, 0) is 20.6 Å². The van der Waals surface area contributed by atoms with E-state index in [1.54, 1.807) is 6.92 Å². The number of ether oxygens (including phenoxy) is 1. The van der Waals surface area contributed by atoms with Crippen molar-refractivity contribution in [3.8, 4) is 0 Å². The van der Waals surface area contributed by atoms with Crippen molar-refractivity contribution in [1.82, 2.24) is 4.90 Å². The van der Waals surface area contributed by atoms with E-state index >= 15 is 0 Å². The molecule has 6 nitrogen and oxygen atoms in total. The molecule has 0 aliphatic carbocycles. The van der Waals surface area contributed by atoms with Crippen LogP contribution in [0.15, 0.2) is 30.3 Å². The van der Waals surface area contributed by atoms with Crippen LogP contribution in [0.2, 0.25) is 18.1 Å². The molecule has 7 heteroatoms. The lowest BCUT2D eigenvalue weighted by Crippen LogP contribution is -2.54. The highest BCUT2D eigenvalue weighted by molar-refractivity contribution is 6.74. The lowest BCUT2D eigenvalue weighted by Gasteiger charge is -2.40. The number of nitrogens with zero attached hydrogens (tertiary/aromatic N) is 1. The molecule has 0 spiro atoms. The summed E-state index contributed by atoms with van der Waals surface area (Å²) in [6.07, 6.45) is -1.34. The van der Waals surface area contributed by atoms with Crippen molar-refractivity contribution in [3.63, 3.8) is 0 Å². The molecule has 1 N–H and O–H groups in total. The summed E-state index contributed by atoms with van der Waals surface area (Å²) >= 11 is 0. The van der Waals surface area contributed by atoms with Gasteiger partial charge in [0, 0.05) is 7.05 Å². The molecule has 1 amide bonds. The largest absolute Gasteiger partial charge is 0.480 e. The van der Waals surface area contributed by atoms with E-state index in [1.807, 2.05) is 30.3 Å². The number of amides is 1. The van der Waals surface area contributed by atoms with Crippen LogP contribution in [-0.4, -0.2) is 49.6 Å². The van der Waals surface area contributed by atoms with Gasteiger partial charge in [0.1, 0.15) is 6.61 Å². The van der Waals surface area contributed by atoms with Gasteiger partial charge in [-0.2, -0.15) is 0 Å². The zero-order valence-corrected chi connectivity index (χ0v) is 17.8. The molecule has 0 heterocycles. The van der Waals surface area contributed by atoms with Gasteiger partial charge in [0.25, 0.3) is 0 Å². The molecule has 0 unspecified atom stereocenters. The van der Waals surface area contributed by atoms with E-state index in [2.05, 4.69) is 33.9 Å². The van der Waals surface area contributed by atoms with Gasteiger partial charge < -0.3 is 14.3 Å². The maximum atomic E-state index is 12.3. The number of hydrogen-bond donors (Lipinski definition) is 1. The van der Waals surface area contributed by atoms with Crippen LogP contribution in [0.25, 0.3) is 0 Å². The van der Waals surface area contributed by atoms with Crippen molar-refractivity contribution in [1.29, 1.82) is 0 Å². The third-order valence-electron chi connectivity index (χ3n) is 4.89. The summed E-state index contributed by atoms with van der Waals surface area (Å²) in [5, 5.41) is 9.58. The van der Waals surface area contributed by atoms with E-state index in [-0.39, 0.29) is 11.6 Å². The minimum atomic E-state index is -2.17. The predicted molar refractivity (Wildman–Crippen MR) is 104 cm³/mol. The van der Waals surface area contributed by atoms with Crippen LogP contribution in [0.1, 0.15) is 33.3 Å². The molecule has 0 aliphatic rings. The molecule has 0 saturated heterocycles. The number of benzene rings is 1. The molecule has 1 aromatic rings. The summed E-state index contributed by atoms with van der Waals surface area (Å²) in [7, 11) is -0.742. The Morgan fingerprint density at radius 2 is 1.73 bits per heavy atom. The van der Waals surface area contributed by atoms with Crippen molar-refractivity contribution in [3.05, 3.63) is 35.9 Å². The first-order valence-corrected chi connectivity index (χ1v) is 11.6. The molecule has 1 rings (SSSR count). The van der Waals surface area contributed by atoms with Crippen molar-refractivity contribution < 1.29 is 23.9 Å². The fourth-order valence-electron chi connectivity index (χ4n) is 2.32. The van der Waals surface area contributed by atoms with Gasteiger partial charge in [0.2, 0.25) is 0 Å². The lowest BCUT2D eigenvalue weighted by molar-refractivity contribution is -0.145. The molecular formula is C19H31NO5Si. The zero-order valence-electron chi connectivity index (χ0n) is 16.8. The highest BCUT2D eigenvalue weighted by Gasteiger charge is 2.42. The number of carbonyl (C=O) groups is 2. The van der Waals surface area contributed by atoms with E-state index in [9.17, 15) is 14.7 Å². The second-order valence-electron chi connectivity index (χ2n) is 8.02. The van der Waals surface area contributed by atoms with Gasteiger partial charge in [-0.15, -0.1) is 0 Å². The van der Waals surface area contributed by atoms with E-state index in [0.29, 0.717) is 0 Å². The Balaban J connectivity index is 2.81. The molecule has 0 bridgehead atoms. The SMILES string of the molecule is C[C@@H](O[Si](C)(C)C(C)(C)C)[C@@H](C(=O)O)N(C)C(=O)OCc1ccccc1. The van der Waals surface area contributed by atoms with Crippen LogP contribution >= 0.6 is 0 Å². The van der Waals surface area contributed by atoms with Crippen molar-refractivity contribution in [2.75, 3.05) is 7.05 Å². The Morgan fingerprint density at radius 1 is 1.19 bits per heavy atom. The molecule has 1 aromatic carbocycles. The number of carboxylic acids is 1. The molecule has 146 valence electrons. The van der Waals surface area contributed by atoms with Crippen molar-refractivity contribution in [2.45, 2.75) is 64.6 Å². The van der Waals surface area contributed by atoms with E-state index in [0.717, 1.165) is 10.5 Å². The van der Waals surface area contributed by atoms with Crippen LogP contribution < -0.4 is 0 Å². The molecule has 0 fully saturated rings. The maximum absolute atomic E-state index is 12.3. The van der Waals surface area contributed by atoms with E-state index < -0.39 is 32.5 Å². The second-order valence-corrected chi connectivity index (χ2v) is 12.8. The van der Waals surface area contributed by atoms with Crippen LogP contribution in [0.3, 0.4) is 0 Å². The average molecular weight is 382 g/mol. The predicted octanol–water partition coefficient (Wildman–Crippen LogP) is 4.12. The minimum absolute atomic E-state index is 0.0588. The Labute approximate surface area is 157 Å². The van der Waals surface area contributed by atoms with E-state index in [4.69, 9.17) is 9.16 Å². The van der Waals surface area contributed by atoms with Gasteiger partial charge in [0.15, 0.2) is 14.4 Å². The van der Waals surface area contributed by atoms with Gasteiger partial charge in [-0.3, -0.25) is 4.90 Å². The topological polar surface area (TPSA) is 76.1 Å². The normalized spacial score (nSPS) is 14.4. The van der Waals surface area contributed by atoms with Crippen molar-refractivity contribution >= 4 is 20.4 Å². The Hall–Kier alpha value is -1.86. The number of hydrogen-bond acceptors (Lipinski definition) is 4. The highest BCUT2D eigenvalue weighted by Crippen LogP contribution is 2.37. The molecule has 2 atom stereocenters. The van der Waals surface area contributed by atoms with Gasteiger partial charge >= 0.3 is 12.1 Å². The first kappa shape index (κ1) is 22.2. The first-order chi connectivity index (χ1) is 11.9. The molecule has 0 aliphatic heterocycles. The summed E-state index contributed by atoms with van der Waals surface area (Å²) in [6, 6.07) is 8.13. The summed E-state index contributed by atoms with van der Waals surface area (Å²) in [5.74, 6) is -1.12. The number of rotatable bonds is 7. The molecule has 0 aromatic heterocycles. The van der Waals surface area contributed by atoms with Gasteiger partial charge in [0.05, 0.1) is 6.10 Å². The molecular weight excluding hydrogens is 350 g/mol. The summed E-state index contributed by atoms with van der Waals surface area (Å²) in [6.45, 7) is 12.1. The van der Waals surface area contributed by atoms with Crippen LogP contribution in [0.5, 0.6) is 0 Å². The van der Waals surface area contributed by atoms with E-state index in [1.165, 1.54) is 7.05 Å². The van der Waals surface area contributed by atoms with Gasteiger partial charge in [-0.1, -0.05) is 51.1 Å². The average Bonchev–Trinajstić information content (AvgIpc) is 2.51. The van der Waals surface area contributed by atoms with Gasteiger partial charge in [-0.25, -0.2) is 9.59 Å². The Kier molecular flexibility index (Phi) is 7.41. The quantitative estimate of drug-likeness (QED) is 0.719. The van der Waals surface area contributed by atoms with Crippen molar-refractivity contribution in [2.24, 2.45) is 0 Å². The highest BCUT2D eigenvalue weighted by atomic mass is 28.4. The third-order valence-corrected chi connectivity index (χ3v) is 9.47. The molecule has 0 saturated carbocycles. The smallest absolute Gasteiger partial charge is 0.410 e. The number of aliphatic carboxylic acids is 1. The Morgan fingerprint density at radius 3 is 2.19 bits per heavy atom. The second kappa shape index (κ2) is 8.68. The standard InChI is InChI=1S/C19H31NO5Si/c1-14(25-26(6,7)19(2,3)4)16(17(21)22)20(5)18(23)24-13-15-11-9-8-10-12-15/h8-12,14,16H,13H2,1-7H3,(H,21,22)/t14-,16+/m1/s1. The maximum Gasteiger partial charge on any atom is 0.410 e. The lowest BCUT2D eigenvalue weighted by atomic mass is 10.1. The van der Waals surface area contributed by atoms with Crippen LogP contribution in [0, 0.1) is 0 Å².